The number of para-hydroxylation sites is 1. The normalized spacial score (nSPS) is 11.0. The van der Waals surface area contributed by atoms with Crippen molar-refractivity contribution in [3.63, 3.8) is 0 Å². The second-order valence-electron chi connectivity index (χ2n) is 4.88. The first-order chi connectivity index (χ1) is 11.7. The fourth-order valence-electron chi connectivity index (χ4n) is 2.06. The summed E-state index contributed by atoms with van der Waals surface area (Å²) in [6.45, 7) is 0. The van der Waals surface area contributed by atoms with Crippen molar-refractivity contribution in [2.75, 3.05) is 12.4 Å². The van der Waals surface area contributed by atoms with Crippen molar-refractivity contribution < 1.29 is 9.21 Å². The van der Waals surface area contributed by atoms with Gasteiger partial charge in [-0.05, 0) is 12.1 Å². The van der Waals surface area contributed by atoms with Crippen LogP contribution in [-0.2, 0) is 11.2 Å². The van der Waals surface area contributed by atoms with Gasteiger partial charge in [-0.25, -0.2) is 10.4 Å². The number of amides is 1. The third-order valence-electron chi connectivity index (χ3n) is 3.21. The number of nitrogens with one attached hydrogen (secondary N) is 2. The molecule has 8 heteroatoms. The maximum atomic E-state index is 12.3. The maximum Gasteiger partial charge on any atom is 0.246 e. The fraction of sp³-hybridized carbons (Fsp3) is 0.125. The molecule has 24 heavy (non-hydrogen) atoms. The van der Waals surface area contributed by atoms with Gasteiger partial charge in [-0.1, -0.05) is 12.1 Å². The topological polar surface area (TPSA) is 96.6 Å². The number of anilines is 1. The summed E-state index contributed by atoms with van der Waals surface area (Å²) in [5.41, 5.74) is 3.60. The van der Waals surface area contributed by atoms with Gasteiger partial charge in [-0.15, -0.1) is 11.3 Å². The number of hydrazone groups is 1. The fourth-order valence-corrected chi connectivity index (χ4v) is 2.73. The summed E-state index contributed by atoms with van der Waals surface area (Å²) in [5, 5.41) is 9.73. The van der Waals surface area contributed by atoms with E-state index in [-0.39, 0.29) is 23.3 Å². The highest BCUT2D eigenvalue weighted by molar-refractivity contribution is 7.13. The lowest BCUT2D eigenvalue weighted by atomic mass is 10.2. The van der Waals surface area contributed by atoms with E-state index in [0.717, 1.165) is 5.13 Å². The van der Waals surface area contributed by atoms with Crippen LogP contribution < -0.4 is 16.2 Å². The third-order valence-corrected chi connectivity index (χ3v) is 4.12. The van der Waals surface area contributed by atoms with E-state index in [1.54, 1.807) is 36.7 Å². The van der Waals surface area contributed by atoms with Crippen LogP contribution in [0.15, 0.2) is 50.2 Å². The van der Waals surface area contributed by atoms with Crippen molar-refractivity contribution >= 4 is 39.6 Å². The number of benzene rings is 1. The van der Waals surface area contributed by atoms with Gasteiger partial charge < -0.3 is 9.73 Å². The second-order valence-corrected chi connectivity index (χ2v) is 5.74. The average Bonchev–Trinajstić information content (AvgIpc) is 3.04. The molecule has 0 fully saturated rings. The molecular formula is C16H14N4O3S. The summed E-state index contributed by atoms with van der Waals surface area (Å²) < 4.78 is 5.37. The van der Waals surface area contributed by atoms with Crippen LogP contribution in [0.2, 0.25) is 0 Å². The van der Waals surface area contributed by atoms with E-state index in [2.05, 4.69) is 20.8 Å². The molecule has 0 aliphatic carbocycles. The molecule has 2 heterocycles. The number of hydrogen-bond donors (Lipinski definition) is 2. The SMILES string of the molecule is CNc1nc(CC(=O)N/N=C/c2coc3ccccc3c2=O)cs1. The Morgan fingerprint density at radius 2 is 2.25 bits per heavy atom. The smallest absolute Gasteiger partial charge is 0.246 e. The molecule has 0 saturated heterocycles. The summed E-state index contributed by atoms with van der Waals surface area (Å²) in [7, 11) is 1.77. The number of rotatable bonds is 5. The van der Waals surface area contributed by atoms with Crippen molar-refractivity contribution in [3.05, 3.63) is 57.4 Å². The first-order valence-corrected chi connectivity index (χ1v) is 8.00. The molecule has 0 unspecified atom stereocenters. The lowest BCUT2D eigenvalue weighted by Gasteiger charge is -1.98. The number of nitrogens with zero attached hydrogens (tertiary/aromatic N) is 2. The van der Waals surface area contributed by atoms with Gasteiger partial charge in [0.1, 0.15) is 11.8 Å². The molecule has 0 saturated carbocycles. The number of carbonyl (C=O) groups excluding carboxylic acids is 1. The van der Waals surface area contributed by atoms with Gasteiger partial charge >= 0.3 is 0 Å². The van der Waals surface area contributed by atoms with Crippen LogP contribution >= 0.6 is 11.3 Å². The quantitative estimate of drug-likeness (QED) is 0.546. The number of fused-ring (bicyclic) bond motifs is 1. The molecule has 3 aromatic rings. The molecule has 1 aromatic carbocycles. The second kappa shape index (κ2) is 7.05. The van der Waals surface area contributed by atoms with E-state index in [1.807, 2.05) is 0 Å². The monoisotopic (exact) mass is 342 g/mol. The number of carbonyl (C=O) groups is 1. The lowest BCUT2D eigenvalue weighted by molar-refractivity contribution is -0.120. The molecule has 0 radical (unpaired) electrons. The van der Waals surface area contributed by atoms with Gasteiger partial charge in [0.05, 0.1) is 29.3 Å². The highest BCUT2D eigenvalue weighted by atomic mass is 32.1. The number of thiazole rings is 1. The highest BCUT2D eigenvalue weighted by Crippen LogP contribution is 2.14. The lowest BCUT2D eigenvalue weighted by Crippen LogP contribution is -2.20. The molecule has 7 nitrogen and oxygen atoms in total. The van der Waals surface area contributed by atoms with Crippen molar-refractivity contribution in [3.8, 4) is 0 Å². The minimum absolute atomic E-state index is 0.113. The van der Waals surface area contributed by atoms with Crippen molar-refractivity contribution in [1.29, 1.82) is 0 Å². The molecule has 2 aromatic heterocycles. The van der Waals surface area contributed by atoms with Crippen LogP contribution in [0.4, 0.5) is 5.13 Å². The van der Waals surface area contributed by atoms with Crippen molar-refractivity contribution in [2.45, 2.75) is 6.42 Å². The Bertz CT molecular complexity index is 961. The molecule has 0 aliphatic heterocycles. The maximum absolute atomic E-state index is 12.3. The van der Waals surface area contributed by atoms with Crippen LogP contribution in [0.5, 0.6) is 0 Å². The molecule has 2 N–H and O–H groups in total. The summed E-state index contributed by atoms with van der Waals surface area (Å²) in [6, 6.07) is 6.94. The third kappa shape index (κ3) is 3.49. The van der Waals surface area contributed by atoms with E-state index in [0.29, 0.717) is 16.7 Å². The molecule has 0 atom stereocenters. The predicted molar refractivity (Wildman–Crippen MR) is 93.6 cm³/mol. The van der Waals surface area contributed by atoms with Crippen LogP contribution in [0.3, 0.4) is 0 Å². The molecule has 122 valence electrons. The minimum atomic E-state index is -0.315. The Balaban J connectivity index is 1.66. The van der Waals surface area contributed by atoms with Gasteiger partial charge in [0.2, 0.25) is 11.3 Å². The van der Waals surface area contributed by atoms with Gasteiger partial charge in [0, 0.05) is 12.4 Å². The molecule has 0 spiro atoms. The molecule has 0 aliphatic rings. The summed E-state index contributed by atoms with van der Waals surface area (Å²) in [6.07, 6.45) is 2.71. The zero-order valence-electron chi connectivity index (χ0n) is 12.8. The Morgan fingerprint density at radius 1 is 1.42 bits per heavy atom. The first kappa shape index (κ1) is 15.9. The van der Waals surface area contributed by atoms with Crippen LogP contribution in [-0.4, -0.2) is 24.2 Å². The summed E-state index contributed by atoms with van der Waals surface area (Å²) >= 11 is 1.42. The largest absolute Gasteiger partial charge is 0.463 e. The van der Waals surface area contributed by atoms with E-state index >= 15 is 0 Å². The summed E-state index contributed by atoms with van der Waals surface area (Å²) in [5.74, 6) is -0.315. The van der Waals surface area contributed by atoms with Crippen LogP contribution in [0.25, 0.3) is 11.0 Å². The van der Waals surface area contributed by atoms with Crippen LogP contribution in [0.1, 0.15) is 11.3 Å². The van der Waals surface area contributed by atoms with Crippen LogP contribution in [0, 0.1) is 0 Å². The van der Waals surface area contributed by atoms with Gasteiger partial charge in [0.25, 0.3) is 0 Å². The molecule has 0 bridgehead atoms. The van der Waals surface area contributed by atoms with E-state index in [1.165, 1.54) is 23.8 Å². The predicted octanol–water partition coefficient (Wildman–Crippen LogP) is 1.98. The molecule has 3 rings (SSSR count). The highest BCUT2D eigenvalue weighted by Gasteiger charge is 2.07. The standard InChI is InChI=1S/C16H14N4O3S/c1-17-16-19-11(9-24-16)6-14(21)20-18-7-10-8-23-13-5-3-2-4-12(13)15(10)22/h2-5,7-9H,6H2,1H3,(H,17,19)(H,20,21)/b18-7+. The van der Waals surface area contributed by atoms with E-state index in [4.69, 9.17) is 4.42 Å². The Hall–Kier alpha value is -3.00. The van der Waals surface area contributed by atoms with Crippen molar-refractivity contribution in [1.82, 2.24) is 10.4 Å². The van der Waals surface area contributed by atoms with Gasteiger partial charge in [0.15, 0.2) is 5.13 Å². The van der Waals surface area contributed by atoms with E-state index in [9.17, 15) is 9.59 Å². The average molecular weight is 342 g/mol. The van der Waals surface area contributed by atoms with Crippen molar-refractivity contribution in [2.24, 2.45) is 5.10 Å². The Labute approximate surface area is 141 Å². The Morgan fingerprint density at radius 3 is 3.04 bits per heavy atom. The zero-order valence-corrected chi connectivity index (χ0v) is 13.6. The zero-order chi connectivity index (χ0) is 16.9. The number of aromatic nitrogens is 1. The van der Waals surface area contributed by atoms with Gasteiger partial charge in [-0.2, -0.15) is 5.10 Å². The Kier molecular flexibility index (Phi) is 4.66. The number of hydrogen-bond acceptors (Lipinski definition) is 7. The summed E-state index contributed by atoms with van der Waals surface area (Å²) in [4.78, 5) is 28.3. The minimum Gasteiger partial charge on any atom is -0.463 e. The molecule has 1 amide bonds. The first-order valence-electron chi connectivity index (χ1n) is 7.12. The van der Waals surface area contributed by atoms with Gasteiger partial charge in [-0.3, -0.25) is 9.59 Å². The van der Waals surface area contributed by atoms with E-state index < -0.39 is 0 Å². The molecular weight excluding hydrogens is 328 g/mol.